The van der Waals surface area contributed by atoms with Crippen molar-refractivity contribution in [1.29, 1.82) is 0 Å². The first kappa shape index (κ1) is 31.1. The molecule has 13 atom stereocenters. The smallest absolute Gasteiger partial charge is 0.266 e. The van der Waals surface area contributed by atoms with Gasteiger partial charge in [-0.2, -0.15) is 8.42 Å². The van der Waals surface area contributed by atoms with Crippen LogP contribution < -0.4 is 5.32 Å². The van der Waals surface area contributed by atoms with Crippen LogP contribution in [0.15, 0.2) is 0 Å². The van der Waals surface area contributed by atoms with Gasteiger partial charge in [0.15, 0.2) is 0 Å². The van der Waals surface area contributed by atoms with Crippen LogP contribution in [0.4, 0.5) is 0 Å². The van der Waals surface area contributed by atoms with Crippen molar-refractivity contribution >= 4 is 16.0 Å². The molecule has 1 amide bonds. The minimum atomic E-state index is -4.37. The summed E-state index contributed by atoms with van der Waals surface area (Å²) in [7, 11) is -4.37. The molecule has 0 aliphatic heterocycles. The predicted molar refractivity (Wildman–Crippen MR) is 141 cm³/mol. The number of carbonyl (C=O) groups excluding carboxylic acids is 1. The average molecular weight is 578 g/mol. The van der Waals surface area contributed by atoms with Crippen LogP contribution in [0.5, 0.6) is 0 Å². The van der Waals surface area contributed by atoms with Crippen LogP contribution in [-0.4, -0.2) is 97.9 Å². The van der Waals surface area contributed by atoms with Crippen LogP contribution in [-0.2, 0) is 14.9 Å². The van der Waals surface area contributed by atoms with Crippen LogP contribution in [0.3, 0.4) is 0 Å². The Labute approximate surface area is 230 Å². The maximum Gasteiger partial charge on any atom is 0.266 e. The Hall–Kier alpha value is -0.860. The van der Waals surface area contributed by atoms with Crippen molar-refractivity contribution < 1.29 is 48.4 Å². The SMILES string of the molecule is C[C@H](CCC(=O)NC(CO)CS(=O)(=O)O)[C@H]1[C@@H](O)[C@H](O)C2C3C[C@@H](O)[C@@]4(O)C[C@@H](O)CC[C@]4(C)C3CC[C@@]21C. The number of hydrogen-bond donors (Lipinski definition) is 8. The largest absolute Gasteiger partial charge is 0.394 e. The Morgan fingerprint density at radius 3 is 2.36 bits per heavy atom. The van der Waals surface area contributed by atoms with Gasteiger partial charge in [-0.3, -0.25) is 9.35 Å². The maximum atomic E-state index is 12.5. The summed E-state index contributed by atoms with van der Waals surface area (Å²) in [5.74, 6) is -2.16. The van der Waals surface area contributed by atoms with Crippen LogP contribution >= 0.6 is 0 Å². The van der Waals surface area contributed by atoms with Crippen molar-refractivity contribution in [1.82, 2.24) is 5.32 Å². The minimum absolute atomic E-state index is 0.0153. The lowest BCUT2D eigenvalue weighted by molar-refractivity contribution is -0.268. The third-order valence-corrected chi connectivity index (χ3v) is 12.2. The molecule has 8 N–H and O–H groups in total. The first-order valence-electron chi connectivity index (χ1n) is 14.3. The summed E-state index contributed by atoms with van der Waals surface area (Å²) in [6.45, 7) is 5.35. The fourth-order valence-corrected chi connectivity index (χ4v) is 10.3. The van der Waals surface area contributed by atoms with Gasteiger partial charge >= 0.3 is 0 Å². The van der Waals surface area contributed by atoms with Crippen molar-refractivity contribution in [3.8, 4) is 0 Å². The molecule has 4 aliphatic carbocycles. The lowest BCUT2D eigenvalue weighted by atomic mass is 9.42. The molecule has 11 nitrogen and oxygen atoms in total. The molecule has 4 saturated carbocycles. The first-order valence-corrected chi connectivity index (χ1v) is 15.9. The van der Waals surface area contributed by atoms with Gasteiger partial charge in [0.25, 0.3) is 10.1 Å². The van der Waals surface area contributed by atoms with E-state index in [4.69, 9.17) is 4.55 Å². The molecular formula is C27H47NO10S. The monoisotopic (exact) mass is 577 g/mol. The zero-order valence-electron chi connectivity index (χ0n) is 23.1. The Morgan fingerprint density at radius 1 is 1.08 bits per heavy atom. The third-order valence-electron chi connectivity index (χ3n) is 11.4. The van der Waals surface area contributed by atoms with E-state index in [-0.39, 0.29) is 48.9 Å². The molecular weight excluding hydrogens is 530 g/mol. The highest BCUT2D eigenvalue weighted by Crippen LogP contribution is 2.69. The van der Waals surface area contributed by atoms with Crippen molar-refractivity contribution in [2.75, 3.05) is 12.4 Å². The molecule has 0 spiro atoms. The van der Waals surface area contributed by atoms with E-state index in [1.54, 1.807) is 0 Å². The van der Waals surface area contributed by atoms with E-state index in [9.17, 15) is 43.9 Å². The summed E-state index contributed by atoms with van der Waals surface area (Å²) in [5.41, 5.74) is -2.48. The van der Waals surface area contributed by atoms with Crippen LogP contribution in [0, 0.1) is 40.4 Å². The topological polar surface area (TPSA) is 205 Å². The maximum absolute atomic E-state index is 12.5. The number of carbonyl (C=O) groups is 1. The molecule has 0 aromatic heterocycles. The van der Waals surface area contributed by atoms with Gasteiger partial charge in [-0.05, 0) is 73.5 Å². The number of aliphatic hydroxyl groups excluding tert-OH is 5. The summed E-state index contributed by atoms with van der Waals surface area (Å²) < 4.78 is 31.2. The fraction of sp³-hybridized carbons (Fsp3) is 0.963. The van der Waals surface area contributed by atoms with E-state index < -0.39 is 75.3 Å². The second-order valence-corrected chi connectivity index (χ2v) is 15.0. The van der Waals surface area contributed by atoms with Gasteiger partial charge in [-0.25, -0.2) is 0 Å². The summed E-state index contributed by atoms with van der Waals surface area (Å²) in [6, 6.07) is -1.13. The molecule has 0 radical (unpaired) electrons. The molecule has 226 valence electrons. The highest BCUT2D eigenvalue weighted by molar-refractivity contribution is 7.85. The quantitative estimate of drug-likeness (QED) is 0.179. The lowest BCUT2D eigenvalue weighted by Crippen LogP contribution is -2.69. The first-order chi connectivity index (χ1) is 18.0. The van der Waals surface area contributed by atoms with Gasteiger partial charge in [0, 0.05) is 18.3 Å². The molecule has 0 bridgehead atoms. The van der Waals surface area contributed by atoms with E-state index in [0.29, 0.717) is 25.7 Å². The van der Waals surface area contributed by atoms with Crippen molar-refractivity contribution in [2.24, 2.45) is 40.4 Å². The van der Waals surface area contributed by atoms with Crippen LogP contribution in [0.1, 0.15) is 72.1 Å². The molecule has 12 heteroatoms. The van der Waals surface area contributed by atoms with Crippen LogP contribution in [0.2, 0.25) is 0 Å². The van der Waals surface area contributed by atoms with Gasteiger partial charge < -0.3 is 36.0 Å². The second kappa shape index (κ2) is 10.8. The Balaban J connectivity index is 1.49. The summed E-state index contributed by atoms with van der Waals surface area (Å²) >= 11 is 0. The lowest BCUT2D eigenvalue weighted by Gasteiger charge is -2.65. The summed E-state index contributed by atoms with van der Waals surface area (Å²) in [4.78, 5) is 12.5. The fourth-order valence-electron chi connectivity index (χ4n) is 9.61. The number of aliphatic hydroxyl groups is 6. The standard InChI is InChI=1S/C27H47NO10S/c1-14(4-5-20(32)28-15(12-29)13-39(36,37)38)21-23(33)24(34)22-17-10-19(31)27(35)11-16(30)6-9-26(27,3)18(17)7-8-25(21,22)2/h14-19,21-24,29-31,33-35H,4-13H2,1-3H3,(H,28,32)(H,36,37,38)/t14-,15?,16+,17?,18?,19-,21+,22?,23-,24-,25-,26-,27+/m1/s1. The average Bonchev–Trinajstić information content (AvgIpc) is 3.03. The molecule has 0 aromatic carbocycles. The normalized spacial score (nSPS) is 47.4. The Bertz CT molecular complexity index is 1030. The van der Waals surface area contributed by atoms with Gasteiger partial charge in [0.2, 0.25) is 5.91 Å². The molecule has 0 aromatic rings. The highest BCUT2D eigenvalue weighted by atomic mass is 32.2. The van der Waals surface area contributed by atoms with E-state index >= 15 is 0 Å². The molecule has 4 unspecified atom stereocenters. The van der Waals surface area contributed by atoms with E-state index in [2.05, 4.69) is 12.2 Å². The van der Waals surface area contributed by atoms with Crippen molar-refractivity contribution in [3.05, 3.63) is 0 Å². The molecule has 39 heavy (non-hydrogen) atoms. The van der Waals surface area contributed by atoms with Gasteiger partial charge in [0.05, 0.1) is 48.4 Å². The molecule has 4 rings (SSSR count). The van der Waals surface area contributed by atoms with E-state index in [1.807, 2.05) is 13.8 Å². The van der Waals surface area contributed by atoms with E-state index in [0.717, 1.165) is 6.42 Å². The number of hydrogen-bond acceptors (Lipinski definition) is 9. The number of rotatable bonds is 8. The third kappa shape index (κ3) is 5.29. The number of nitrogens with one attached hydrogen (secondary N) is 1. The predicted octanol–water partition coefficient (Wildman–Crippen LogP) is -0.185. The molecule has 4 aliphatic rings. The minimum Gasteiger partial charge on any atom is -0.394 e. The van der Waals surface area contributed by atoms with Gasteiger partial charge in [-0.1, -0.05) is 20.8 Å². The number of fused-ring (bicyclic) bond motifs is 5. The zero-order valence-corrected chi connectivity index (χ0v) is 23.9. The van der Waals surface area contributed by atoms with Crippen LogP contribution in [0.25, 0.3) is 0 Å². The number of amides is 1. The second-order valence-electron chi connectivity index (χ2n) is 13.5. The highest BCUT2D eigenvalue weighted by Gasteiger charge is 2.70. The van der Waals surface area contributed by atoms with E-state index in [1.165, 1.54) is 0 Å². The Kier molecular flexibility index (Phi) is 8.58. The van der Waals surface area contributed by atoms with Gasteiger partial charge in [0.1, 0.15) is 0 Å². The van der Waals surface area contributed by atoms with Crippen molar-refractivity contribution in [3.63, 3.8) is 0 Å². The molecule has 0 heterocycles. The molecule has 4 fully saturated rings. The van der Waals surface area contributed by atoms with Gasteiger partial charge in [-0.15, -0.1) is 0 Å². The molecule has 0 saturated heterocycles. The van der Waals surface area contributed by atoms with Crippen molar-refractivity contribution in [2.45, 2.75) is 108 Å². The summed E-state index contributed by atoms with van der Waals surface area (Å²) in [5, 5.41) is 67.6. The Morgan fingerprint density at radius 2 is 1.74 bits per heavy atom. The summed E-state index contributed by atoms with van der Waals surface area (Å²) in [6.07, 6.45) is -0.378. The zero-order chi connectivity index (χ0) is 29.1.